The van der Waals surface area contributed by atoms with Crippen molar-refractivity contribution in [2.24, 2.45) is 0 Å². The molecule has 0 bridgehead atoms. The van der Waals surface area contributed by atoms with E-state index in [0.717, 1.165) is 17.7 Å². The Morgan fingerprint density at radius 1 is 1.32 bits per heavy atom. The number of hydrogen-bond donors (Lipinski definition) is 1. The lowest BCUT2D eigenvalue weighted by molar-refractivity contribution is 0.478. The molecule has 1 heterocycles. The Kier molecular flexibility index (Phi) is 4.46. The summed E-state index contributed by atoms with van der Waals surface area (Å²) in [4.78, 5) is 12.7. The van der Waals surface area contributed by atoms with Crippen molar-refractivity contribution in [1.82, 2.24) is 9.88 Å². The van der Waals surface area contributed by atoms with Crippen LogP contribution in [0.15, 0.2) is 16.9 Å². The third-order valence-corrected chi connectivity index (χ3v) is 4.01. The van der Waals surface area contributed by atoms with E-state index in [2.05, 4.69) is 39.1 Å². The second-order valence-electron chi connectivity index (χ2n) is 6.03. The van der Waals surface area contributed by atoms with E-state index in [4.69, 9.17) is 0 Å². The molecule has 1 aliphatic rings. The number of nitrogens with zero attached hydrogens (tertiary/aromatic N) is 1. The van der Waals surface area contributed by atoms with E-state index in [-0.39, 0.29) is 11.6 Å². The predicted octanol–water partition coefficient (Wildman–Crippen LogP) is 3.19. The predicted molar refractivity (Wildman–Crippen MR) is 79.7 cm³/mol. The van der Waals surface area contributed by atoms with Crippen molar-refractivity contribution in [3.8, 4) is 0 Å². The van der Waals surface area contributed by atoms with Crippen LogP contribution in [-0.2, 0) is 6.54 Å². The molecule has 1 unspecified atom stereocenters. The molecule has 3 heteroatoms. The van der Waals surface area contributed by atoms with Gasteiger partial charge in [0.1, 0.15) is 0 Å². The Bertz CT molecular complexity index is 486. The van der Waals surface area contributed by atoms with Crippen molar-refractivity contribution in [1.29, 1.82) is 0 Å². The lowest BCUT2D eigenvalue weighted by Crippen LogP contribution is -2.32. The molecule has 1 aromatic rings. The fraction of sp³-hybridized carbons (Fsp3) is 0.688. The zero-order valence-electron chi connectivity index (χ0n) is 12.6. The van der Waals surface area contributed by atoms with E-state index in [9.17, 15) is 4.79 Å². The molecule has 106 valence electrons. The molecule has 1 N–H and O–H groups in total. The SMILES string of the molecule is CCC(C)n1c(C(C)C)ccc(CNC2CC2)c1=O. The maximum absolute atomic E-state index is 12.7. The molecule has 1 atom stereocenters. The zero-order chi connectivity index (χ0) is 14.0. The topological polar surface area (TPSA) is 34.0 Å². The highest BCUT2D eigenvalue weighted by Crippen LogP contribution is 2.21. The molecule has 1 saturated carbocycles. The van der Waals surface area contributed by atoms with Gasteiger partial charge in [-0.1, -0.05) is 26.8 Å². The van der Waals surface area contributed by atoms with E-state index in [1.807, 2.05) is 10.6 Å². The quantitative estimate of drug-likeness (QED) is 0.854. The monoisotopic (exact) mass is 262 g/mol. The second-order valence-corrected chi connectivity index (χ2v) is 6.03. The van der Waals surface area contributed by atoms with Crippen LogP contribution in [0.25, 0.3) is 0 Å². The molecule has 3 nitrogen and oxygen atoms in total. The smallest absolute Gasteiger partial charge is 0.255 e. The van der Waals surface area contributed by atoms with E-state index in [0.29, 0.717) is 18.5 Å². The van der Waals surface area contributed by atoms with E-state index >= 15 is 0 Å². The Labute approximate surface area is 116 Å². The molecule has 1 aliphatic carbocycles. The Morgan fingerprint density at radius 2 is 2.00 bits per heavy atom. The van der Waals surface area contributed by atoms with Gasteiger partial charge in [0.05, 0.1) is 0 Å². The van der Waals surface area contributed by atoms with Gasteiger partial charge in [0.25, 0.3) is 5.56 Å². The molecule has 0 radical (unpaired) electrons. The molecule has 0 aliphatic heterocycles. The molecule has 1 aromatic heterocycles. The van der Waals surface area contributed by atoms with Crippen molar-refractivity contribution >= 4 is 0 Å². The van der Waals surface area contributed by atoms with Gasteiger partial charge in [-0.2, -0.15) is 0 Å². The third-order valence-electron chi connectivity index (χ3n) is 4.01. The van der Waals surface area contributed by atoms with Crippen LogP contribution in [0.2, 0.25) is 0 Å². The summed E-state index contributed by atoms with van der Waals surface area (Å²) in [6.45, 7) is 9.27. The standard InChI is InChI=1S/C16H26N2O/c1-5-12(4)18-15(11(2)3)9-6-13(16(18)19)10-17-14-7-8-14/h6,9,11-12,14,17H,5,7-8,10H2,1-4H3. The van der Waals surface area contributed by atoms with Crippen molar-refractivity contribution in [2.45, 2.75) is 71.5 Å². The number of rotatable bonds is 6. The molecular formula is C16H26N2O. The van der Waals surface area contributed by atoms with Crippen molar-refractivity contribution in [2.75, 3.05) is 0 Å². The average Bonchev–Trinajstić information content (AvgIpc) is 3.19. The van der Waals surface area contributed by atoms with Crippen LogP contribution in [0.4, 0.5) is 0 Å². The average molecular weight is 262 g/mol. The first kappa shape index (κ1) is 14.3. The normalized spacial score (nSPS) is 16.9. The number of hydrogen-bond acceptors (Lipinski definition) is 2. The first-order valence-electron chi connectivity index (χ1n) is 7.52. The number of aromatic nitrogens is 1. The van der Waals surface area contributed by atoms with E-state index < -0.39 is 0 Å². The van der Waals surface area contributed by atoms with E-state index in [1.54, 1.807) is 0 Å². The summed E-state index contributed by atoms with van der Waals surface area (Å²) in [5.74, 6) is 0.382. The highest BCUT2D eigenvalue weighted by molar-refractivity contribution is 5.19. The highest BCUT2D eigenvalue weighted by atomic mass is 16.1. The highest BCUT2D eigenvalue weighted by Gasteiger charge is 2.21. The van der Waals surface area contributed by atoms with E-state index in [1.165, 1.54) is 12.8 Å². The molecular weight excluding hydrogens is 236 g/mol. The molecule has 0 aromatic carbocycles. The first-order valence-corrected chi connectivity index (χ1v) is 7.52. The van der Waals surface area contributed by atoms with Crippen LogP contribution in [0.5, 0.6) is 0 Å². The number of nitrogens with one attached hydrogen (secondary N) is 1. The van der Waals surface area contributed by atoms with Gasteiger partial charge in [-0.3, -0.25) is 4.79 Å². The Balaban J connectivity index is 2.33. The van der Waals surface area contributed by atoms with Gasteiger partial charge in [0, 0.05) is 29.9 Å². The zero-order valence-corrected chi connectivity index (χ0v) is 12.6. The van der Waals surface area contributed by atoms with Crippen LogP contribution in [0.3, 0.4) is 0 Å². The van der Waals surface area contributed by atoms with Crippen molar-refractivity contribution < 1.29 is 0 Å². The third kappa shape index (κ3) is 3.27. The van der Waals surface area contributed by atoms with Gasteiger partial charge in [-0.25, -0.2) is 0 Å². The van der Waals surface area contributed by atoms with Crippen LogP contribution < -0.4 is 10.9 Å². The van der Waals surface area contributed by atoms with Gasteiger partial charge in [0.2, 0.25) is 0 Å². The molecule has 2 rings (SSSR count). The van der Waals surface area contributed by atoms with Crippen LogP contribution in [0, 0.1) is 0 Å². The van der Waals surface area contributed by atoms with Crippen molar-refractivity contribution in [3.05, 3.63) is 33.7 Å². The fourth-order valence-electron chi connectivity index (χ4n) is 2.39. The Morgan fingerprint density at radius 3 is 2.53 bits per heavy atom. The van der Waals surface area contributed by atoms with Crippen LogP contribution in [-0.4, -0.2) is 10.6 Å². The summed E-state index contributed by atoms with van der Waals surface area (Å²) in [5, 5.41) is 3.43. The van der Waals surface area contributed by atoms with Crippen LogP contribution >= 0.6 is 0 Å². The molecule has 0 spiro atoms. The minimum Gasteiger partial charge on any atom is -0.310 e. The maximum atomic E-state index is 12.7. The van der Waals surface area contributed by atoms with Crippen LogP contribution in [0.1, 0.15) is 70.2 Å². The minimum atomic E-state index is 0.189. The molecule has 19 heavy (non-hydrogen) atoms. The summed E-state index contributed by atoms with van der Waals surface area (Å²) in [7, 11) is 0. The van der Waals surface area contributed by atoms with Gasteiger partial charge in [-0.15, -0.1) is 0 Å². The molecule has 0 amide bonds. The number of pyridine rings is 1. The fourth-order valence-corrected chi connectivity index (χ4v) is 2.39. The molecule has 0 saturated heterocycles. The van der Waals surface area contributed by atoms with Gasteiger partial charge < -0.3 is 9.88 Å². The summed E-state index contributed by atoms with van der Waals surface area (Å²) >= 11 is 0. The Hall–Kier alpha value is -1.09. The van der Waals surface area contributed by atoms with Gasteiger partial charge >= 0.3 is 0 Å². The summed E-state index contributed by atoms with van der Waals surface area (Å²) in [6, 6.07) is 5.04. The lowest BCUT2D eigenvalue weighted by Gasteiger charge is -2.22. The lowest BCUT2D eigenvalue weighted by atomic mass is 10.1. The maximum Gasteiger partial charge on any atom is 0.255 e. The largest absolute Gasteiger partial charge is 0.310 e. The summed E-state index contributed by atoms with van der Waals surface area (Å²) < 4.78 is 1.99. The van der Waals surface area contributed by atoms with Gasteiger partial charge in [-0.05, 0) is 38.2 Å². The molecule has 1 fully saturated rings. The summed E-state index contributed by atoms with van der Waals surface area (Å²) in [5.41, 5.74) is 2.24. The second kappa shape index (κ2) is 5.91. The van der Waals surface area contributed by atoms with Crippen molar-refractivity contribution in [3.63, 3.8) is 0 Å². The first-order chi connectivity index (χ1) is 9.04. The summed E-state index contributed by atoms with van der Waals surface area (Å²) in [6.07, 6.45) is 3.49. The van der Waals surface area contributed by atoms with Gasteiger partial charge in [0.15, 0.2) is 0 Å². The minimum absolute atomic E-state index is 0.189.